The quantitative estimate of drug-likeness (QED) is 0.868. The zero-order valence-corrected chi connectivity index (χ0v) is 14.1. The molecular weight excluding hydrogens is 306 g/mol. The van der Waals surface area contributed by atoms with Gasteiger partial charge in [-0.05, 0) is 30.0 Å². The van der Waals surface area contributed by atoms with Crippen LogP contribution in [0.4, 0.5) is 0 Å². The third-order valence-corrected chi connectivity index (χ3v) is 4.69. The zero-order chi connectivity index (χ0) is 17.0. The van der Waals surface area contributed by atoms with Crippen molar-refractivity contribution in [3.05, 3.63) is 54.9 Å². The van der Waals surface area contributed by atoms with Gasteiger partial charge in [0.05, 0.1) is 4.53 Å². The van der Waals surface area contributed by atoms with E-state index < -0.39 is 0 Å². The van der Waals surface area contributed by atoms with Crippen LogP contribution in [0.25, 0.3) is 11.6 Å². The highest BCUT2D eigenvalue weighted by molar-refractivity contribution is 7.07. The summed E-state index contributed by atoms with van der Waals surface area (Å²) in [6.07, 6.45) is 1.80. The molecule has 0 amide bonds. The maximum Gasteiger partial charge on any atom is 0.269 e. The fraction of sp³-hybridized carbons (Fsp3) is 0.278. The first-order valence-corrected chi connectivity index (χ1v) is 8.19. The third kappa shape index (κ3) is 3.41. The Kier molecular flexibility index (Phi) is 5.16. The predicted octanol–water partition coefficient (Wildman–Crippen LogP) is 2.08. The number of thiazole rings is 1. The molecule has 2 rings (SSSR count). The van der Waals surface area contributed by atoms with Gasteiger partial charge in [-0.2, -0.15) is 10.5 Å². The molecule has 1 aromatic heterocycles. The van der Waals surface area contributed by atoms with Crippen molar-refractivity contribution in [2.75, 3.05) is 0 Å². The molecule has 116 valence electrons. The molecule has 4 nitrogen and oxygen atoms in total. The molecule has 0 aliphatic heterocycles. The topological polar surface area (TPSA) is 69.6 Å². The SMILES string of the molecule is CCn1c(=C(C#N)C#N)s/c(=C/c2ccc(C(C)C)cc2)c1=O. The van der Waals surface area contributed by atoms with Crippen LogP contribution in [0.2, 0.25) is 0 Å². The molecular formula is C18H17N3OS. The van der Waals surface area contributed by atoms with E-state index in [1.54, 1.807) is 6.08 Å². The number of nitrogens with zero attached hydrogens (tertiary/aromatic N) is 3. The molecule has 0 unspecified atom stereocenters. The number of hydrogen-bond donors (Lipinski definition) is 0. The van der Waals surface area contributed by atoms with E-state index in [0.717, 1.165) is 5.56 Å². The first kappa shape index (κ1) is 16.7. The number of hydrogen-bond acceptors (Lipinski definition) is 4. The molecule has 0 bridgehead atoms. The minimum absolute atomic E-state index is 0.0243. The molecule has 2 aromatic rings. The maximum absolute atomic E-state index is 12.4. The van der Waals surface area contributed by atoms with Crippen molar-refractivity contribution in [1.82, 2.24) is 4.57 Å². The molecule has 0 aliphatic rings. The highest BCUT2D eigenvalue weighted by Gasteiger charge is 2.07. The summed E-state index contributed by atoms with van der Waals surface area (Å²) in [5, 5.41) is 18.1. The molecule has 0 atom stereocenters. The van der Waals surface area contributed by atoms with Crippen molar-refractivity contribution in [2.45, 2.75) is 33.2 Å². The minimum Gasteiger partial charge on any atom is -0.298 e. The van der Waals surface area contributed by atoms with Crippen LogP contribution in [-0.4, -0.2) is 4.57 Å². The van der Waals surface area contributed by atoms with E-state index in [2.05, 4.69) is 13.8 Å². The Bertz CT molecular complexity index is 948. The van der Waals surface area contributed by atoms with Crippen molar-refractivity contribution in [1.29, 1.82) is 10.5 Å². The highest BCUT2D eigenvalue weighted by atomic mass is 32.1. The number of aromatic nitrogens is 1. The molecule has 1 heterocycles. The van der Waals surface area contributed by atoms with Gasteiger partial charge in [0.2, 0.25) is 0 Å². The maximum atomic E-state index is 12.4. The summed E-state index contributed by atoms with van der Waals surface area (Å²) in [7, 11) is 0. The zero-order valence-electron chi connectivity index (χ0n) is 13.3. The van der Waals surface area contributed by atoms with Crippen molar-refractivity contribution >= 4 is 23.0 Å². The standard InChI is InChI=1S/C18H17N3OS/c1-4-21-17(22)16(23-18(21)15(10-19)11-20)9-13-5-7-14(8-6-13)12(2)3/h5-9,12H,4H2,1-3H3/b16-9+. The average molecular weight is 323 g/mol. The second kappa shape index (κ2) is 7.09. The minimum atomic E-state index is -0.163. The smallest absolute Gasteiger partial charge is 0.269 e. The number of rotatable bonds is 3. The third-order valence-electron chi connectivity index (χ3n) is 3.56. The van der Waals surface area contributed by atoms with Crippen LogP contribution in [0.15, 0.2) is 29.1 Å². The first-order valence-electron chi connectivity index (χ1n) is 7.37. The lowest BCUT2D eigenvalue weighted by Crippen LogP contribution is -2.31. The molecule has 0 aliphatic carbocycles. The largest absolute Gasteiger partial charge is 0.298 e. The summed E-state index contributed by atoms with van der Waals surface area (Å²) in [4.78, 5) is 12.4. The van der Waals surface area contributed by atoms with E-state index >= 15 is 0 Å². The van der Waals surface area contributed by atoms with E-state index in [1.807, 2.05) is 43.3 Å². The summed E-state index contributed by atoms with van der Waals surface area (Å²) >= 11 is 1.19. The summed E-state index contributed by atoms with van der Waals surface area (Å²) in [5.74, 6) is 0.457. The lowest BCUT2D eigenvalue weighted by Gasteiger charge is -2.04. The van der Waals surface area contributed by atoms with E-state index in [1.165, 1.54) is 21.5 Å². The normalized spacial score (nSPS) is 11.3. The van der Waals surface area contributed by atoms with Crippen LogP contribution in [-0.2, 0) is 6.54 Å². The number of nitriles is 2. The molecule has 1 aromatic carbocycles. The summed E-state index contributed by atoms with van der Waals surface area (Å²) in [5.41, 5.74) is 1.98. The first-order chi connectivity index (χ1) is 11.0. The molecule has 0 spiro atoms. The molecule has 23 heavy (non-hydrogen) atoms. The van der Waals surface area contributed by atoms with Gasteiger partial charge in [0.15, 0.2) is 5.57 Å². The van der Waals surface area contributed by atoms with E-state index in [4.69, 9.17) is 10.5 Å². The average Bonchev–Trinajstić information content (AvgIpc) is 2.85. The molecule has 5 heteroatoms. The Balaban J connectivity index is 2.66. The summed E-state index contributed by atoms with van der Waals surface area (Å²) in [6.45, 7) is 6.51. The van der Waals surface area contributed by atoms with Crippen LogP contribution >= 0.6 is 11.3 Å². The van der Waals surface area contributed by atoms with Gasteiger partial charge in [-0.15, -0.1) is 11.3 Å². The van der Waals surface area contributed by atoms with Gasteiger partial charge in [0, 0.05) is 6.54 Å². The Morgan fingerprint density at radius 3 is 2.35 bits per heavy atom. The van der Waals surface area contributed by atoms with Crippen molar-refractivity contribution in [3.63, 3.8) is 0 Å². The Morgan fingerprint density at radius 1 is 1.26 bits per heavy atom. The van der Waals surface area contributed by atoms with Gasteiger partial charge in [-0.25, -0.2) is 0 Å². The second-order valence-corrected chi connectivity index (χ2v) is 6.42. The lowest BCUT2D eigenvalue weighted by atomic mass is 10.0. The van der Waals surface area contributed by atoms with E-state index in [9.17, 15) is 4.79 Å². The summed E-state index contributed by atoms with van der Waals surface area (Å²) < 4.78 is 2.43. The van der Waals surface area contributed by atoms with Gasteiger partial charge in [0.1, 0.15) is 16.8 Å². The van der Waals surface area contributed by atoms with E-state index in [-0.39, 0.29) is 11.1 Å². The van der Waals surface area contributed by atoms with Gasteiger partial charge in [0.25, 0.3) is 5.56 Å². The van der Waals surface area contributed by atoms with Crippen molar-refractivity contribution in [3.8, 4) is 12.1 Å². The fourth-order valence-electron chi connectivity index (χ4n) is 2.24. The molecule has 0 fully saturated rings. The Morgan fingerprint density at radius 2 is 1.87 bits per heavy atom. The van der Waals surface area contributed by atoms with Gasteiger partial charge >= 0.3 is 0 Å². The van der Waals surface area contributed by atoms with E-state index in [0.29, 0.717) is 21.7 Å². The predicted molar refractivity (Wildman–Crippen MR) is 92.2 cm³/mol. The molecule has 0 saturated carbocycles. The lowest BCUT2D eigenvalue weighted by molar-refractivity contribution is 0.722. The second-order valence-electron chi connectivity index (χ2n) is 5.39. The van der Waals surface area contributed by atoms with Crippen molar-refractivity contribution < 1.29 is 0 Å². The number of benzene rings is 1. The van der Waals surface area contributed by atoms with Crippen LogP contribution in [0.5, 0.6) is 0 Å². The van der Waals surface area contributed by atoms with Crippen LogP contribution in [0, 0.1) is 22.7 Å². The molecule has 0 radical (unpaired) electrons. The summed E-state index contributed by atoms with van der Waals surface area (Å²) in [6, 6.07) is 11.8. The van der Waals surface area contributed by atoms with Gasteiger partial charge in [-0.3, -0.25) is 9.36 Å². The monoisotopic (exact) mass is 323 g/mol. The van der Waals surface area contributed by atoms with Gasteiger partial charge < -0.3 is 0 Å². The molecule has 0 N–H and O–H groups in total. The Hall–Kier alpha value is -2.63. The van der Waals surface area contributed by atoms with Crippen LogP contribution in [0.1, 0.15) is 37.8 Å². The van der Waals surface area contributed by atoms with Gasteiger partial charge in [-0.1, -0.05) is 38.1 Å². The Labute approximate surface area is 138 Å². The molecule has 0 saturated heterocycles. The fourth-order valence-corrected chi connectivity index (χ4v) is 3.36. The van der Waals surface area contributed by atoms with Crippen molar-refractivity contribution in [2.24, 2.45) is 0 Å². The van der Waals surface area contributed by atoms with Crippen LogP contribution < -0.4 is 14.8 Å². The van der Waals surface area contributed by atoms with Crippen LogP contribution in [0.3, 0.4) is 0 Å². The highest BCUT2D eigenvalue weighted by Crippen LogP contribution is 2.14.